The molecule has 1 heterocycles. The van der Waals surface area contributed by atoms with E-state index in [0.717, 1.165) is 0 Å². The maximum atomic E-state index is 11.5. The smallest absolute Gasteiger partial charge is 0.313 e. The Balaban J connectivity index is 0.00000225. The van der Waals surface area contributed by atoms with Crippen LogP contribution < -0.4 is 5.73 Å². The highest BCUT2D eigenvalue weighted by atomic mass is 79.9. The predicted octanol–water partition coefficient (Wildman–Crippen LogP) is 2.66. The Kier molecular flexibility index (Phi) is 5.52. The SMILES string of the molecule is COC(=O)C(C)(C)[C@@H](N)c1ccc(Br)o1.Cl. The van der Waals surface area contributed by atoms with Gasteiger partial charge in [0.15, 0.2) is 4.67 Å². The monoisotopic (exact) mass is 311 g/mol. The molecule has 0 aromatic carbocycles. The van der Waals surface area contributed by atoms with Gasteiger partial charge in [-0.05, 0) is 41.9 Å². The third kappa shape index (κ3) is 2.99. The molecule has 0 bridgehead atoms. The van der Waals surface area contributed by atoms with E-state index in [1.165, 1.54) is 7.11 Å². The lowest BCUT2D eigenvalue weighted by Crippen LogP contribution is -2.37. The van der Waals surface area contributed by atoms with E-state index in [9.17, 15) is 4.79 Å². The summed E-state index contributed by atoms with van der Waals surface area (Å²) in [4.78, 5) is 11.5. The van der Waals surface area contributed by atoms with Crippen molar-refractivity contribution in [2.75, 3.05) is 7.11 Å². The van der Waals surface area contributed by atoms with Crippen molar-refractivity contribution in [2.45, 2.75) is 19.9 Å². The van der Waals surface area contributed by atoms with Crippen molar-refractivity contribution < 1.29 is 13.9 Å². The summed E-state index contributed by atoms with van der Waals surface area (Å²) in [6, 6.07) is 2.94. The molecule has 1 rings (SSSR count). The molecule has 6 heteroatoms. The summed E-state index contributed by atoms with van der Waals surface area (Å²) in [5, 5.41) is 0. The van der Waals surface area contributed by atoms with Gasteiger partial charge < -0.3 is 14.9 Å². The number of halogens is 2. The molecule has 1 aromatic rings. The molecule has 0 saturated heterocycles. The number of hydrogen-bond donors (Lipinski definition) is 1. The van der Waals surface area contributed by atoms with Crippen LogP contribution in [0.5, 0.6) is 0 Å². The third-order valence-corrected chi connectivity index (χ3v) is 2.82. The van der Waals surface area contributed by atoms with Crippen molar-refractivity contribution in [2.24, 2.45) is 11.1 Å². The molecular weight excluding hydrogens is 297 g/mol. The standard InChI is InChI=1S/C10H14BrNO3.ClH/c1-10(2,9(13)14-3)8(12)6-4-5-7(11)15-6;/h4-5,8H,12H2,1-3H3;1H/t8-;/m0./s1. The van der Waals surface area contributed by atoms with E-state index in [1.54, 1.807) is 26.0 Å². The maximum Gasteiger partial charge on any atom is 0.313 e. The summed E-state index contributed by atoms with van der Waals surface area (Å²) in [6.07, 6.45) is 0. The Hall–Kier alpha value is -0.520. The van der Waals surface area contributed by atoms with Crippen molar-refractivity contribution in [1.82, 2.24) is 0 Å². The molecule has 92 valence electrons. The summed E-state index contributed by atoms with van der Waals surface area (Å²) in [5.41, 5.74) is 5.13. The van der Waals surface area contributed by atoms with Crippen LogP contribution >= 0.6 is 28.3 Å². The van der Waals surface area contributed by atoms with Gasteiger partial charge in [0.1, 0.15) is 5.76 Å². The van der Waals surface area contributed by atoms with Crippen LogP contribution in [0.1, 0.15) is 25.6 Å². The molecular formula is C10H15BrClNO3. The first-order valence-electron chi connectivity index (χ1n) is 4.49. The Morgan fingerprint density at radius 2 is 2.12 bits per heavy atom. The molecule has 2 N–H and O–H groups in total. The van der Waals surface area contributed by atoms with Crippen LogP contribution in [0, 0.1) is 5.41 Å². The number of methoxy groups -OCH3 is 1. The van der Waals surface area contributed by atoms with Gasteiger partial charge in [-0.3, -0.25) is 4.79 Å². The molecule has 1 atom stereocenters. The van der Waals surface area contributed by atoms with Crippen molar-refractivity contribution in [3.63, 3.8) is 0 Å². The van der Waals surface area contributed by atoms with E-state index >= 15 is 0 Å². The van der Waals surface area contributed by atoms with Gasteiger partial charge in [-0.2, -0.15) is 0 Å². The highest BCUT2D eigenvalue weighted by Gasteiger charge is 2.38. The first-order valence-corrected chi connectivity index (χ1v) is 5.28. The quantitative estimate of drug-likeness (QED) is 0.871. The van der Waals surface area contributed by atoms with Gasteiger partial charge in [-0.1, -0.05) is 0 Å². The minimum Gasteiger partial charge on any atom is -0.469 e. The van der Waals surface area contributed by atoms with Crippen molar-refractivity contribution in [1.29, 1.82) is 0 Å². The highest BCUT2D eigenvalue weighted by molar-refractivity contribution is 9.10. The van der Waals surface area contributed by atoms with Gasteiger partial charge in [-0.25, -0.2) is 0 Å². The molecule has 1 aromatic heterocycles. The summed E-state index contributed by atoms with van der Waals surface area (Å²) in [5.74, 6) is 0.194. The average Bonchev–Trinajstić information content (AvgIpc) is 2.62. The second kappa shape index (κ2) is 5.70. The Morgan fingerprint density at radius 1 is 1.56 bits per heavy atom. The van der Waals surface area contributed by atoms with Crippen LogP contribution in [0.3, 0.4) is 0 Å². The number of carbonyl (C=O) groups excluding carboxylic acids is 1. The lowest BCUT2D eigenvalue weighted by atomic mass is 9.83. The number of hydrogen-bond acceptors (Lipinski definition) is 4. The topological polar surface area (TPSA) is 65.5 Å². The molecule has 0 aliphatic rings. The fourth-order valence-electron chi connectivity index (χ4n) is 1.24. The molecule has 4 nitrogen and oxygen atoms in total. The van der Waals surface area contributed by atoms with E-state index in [2.05, 4.69) is 15.9 Å². The Bertz CT molecular complexity index is 365. The van der Waals surface area contributed by atoms with Crippen LogP contribution in [-0.2, 0) is 9.53 Å². The van der Waals surface area contributed by atoms with Crippen molar-refractivity contribution in [3.8, 4) is 0 Å². The molecule has 0 fully saturated rings. The van der Waals surface area contributed by atoms with Gasteiger partial charge in [0.25, 0.3) is 0 Å². The molecule has 0 aliphatic carbocycles. The summed E-state index contributed by atoms with van der Waals surface area (Å²) >= 11 is 3.18. The number of ether oxygens (including phenoxy) is 1. The number of nitrogens with two attached hydrogens (primary N) is 1. The third-order valence-electron chi connectivity index (χ3n) is 2.39. The minimum atomic E-state index is -0.813. The van der Waals surface area contributed by atoms with Crippen molar-refractivity contribution in [3.05, 3.63) is 22.6 Å². The fraction of sp³-hybridized carbons (Fsp3) is 0.500. The summed E-state index contributed by atoms with van der Waals surface area (Å²) in [6.45, 7) is 3.44. The van der Waals surface area contributed by atoms with E-state index in [0.29, 0.717) is 10.4 Å². The van der Waals surface area contributed by atoms with E-state index < -0.39 is 11.5 Å². The zero-order chi connectivity index (χ0) is 11.6. The zero-order valence-electron chi connectivity index (χ0n) is 9.32. The summed E-state index contributed by atoms with van der Waals surface area (Å²) < 4.78 is 10.6. The predicted molar refractivity (Wildman–Crippen MR) is 66.4 cm³/mol. The van der Waals surface area contributed by atoms with Gasteiger partial charge >= 0.3 is 5.97 Å². The van der Waals surface area contributed by atoms with Gasteiger partial charge in [-0.15, -0.1) is 12.4 Å². The van der Waals surface area contributed by atoms with Crippen LogP contribution in [0.2, 0.25) is 0 Å². The minimum absolute atomic E-state index is 0. The molecule has 0 spiro atoms. The Labute approximate surface area is 109 Å². The Morgan fingerprint density at radius 3 is 2.50 bits per heavy atom. The average molecular weight is 313 g/mol. The largest absolute Gasteiger partial charge is 0.469 e. The van der Waals surface area contributed by atoms with Gasteiger partial charge in [0.2, 0.25) is 0 Å². The summed E-state index contributed by atoms with van der Waals surface area (Å²) in [7, 11) is 1.34. The van der Waals surface area contributed by atoms with Gasteiger partial charge in [0.05, 0.1) is 18.6 Å². The lowest BCUT2D eigenvalue weighted by molar-refractivity contribution is -0.152. The number of esters is 1. The number of carbonyl (C=O) groups is 1. The molecule has 0 amide bonds. The van der Waals surface area contributed by atoms with Gasteiger partial charge in [0, 0.05) is 0 Å². The van der Waals surface area contributed by atoms with Crippen LogP contribution in [0.15, 0.2) is 21.2 Å². The molecule has 0 saturated carbocycles. The molecule has 0 unspecified atom stereocenters. The fourth-order valence-corrected chi connectivity index (χ4v) is 1.56. The lowest BCUT2D eigenvalue weighted by Gasteiger charge is -2.26. The van der Waals surface area contributed by atoms with Crippen molar-refractivity contribution >= 4 is 34.3 Å². The highest BCUT2D eigenvalue weighted by Crippen LogP contribution is 2.34. The first-order chi connectivity index (χ1) is 6.89. The first kappa shape index (κ1) is 15.5. The van der Waals surface area contributed by atoms with E-state index in [1.807, 2.05) is 0 Å². The molecule has 0 aliphatic heterocycles. The van der Waals surface area contributed by atoms with Crippen LogP contribution in [0.25, 0.3) is 0 Å². The zero-order valence-corrected chi connectivity index (χ0v) is 11.7. The number of rotatable bonds is 3. The van der Waals surface area contributed by atoms with E-state index in [-0.39, 0.29) is 18.4 Å². The molecule has 16 heavy (non-hydrogen) atoms. The normalized spacial score (nSPS) is 12.8. The maximum absolute atomic E-state index is 11.5. The molecule has 0 radical (unpaired) electrons. The number of furan rings is 1. The van der Waals surface area contributed by atoms with E-state index in [4.69, 9.17) is 14.9 Å². The van der Waals surface area contributed by atoms with Crippen LogP contribution in [-0.4, -0.2) is 13.1 Å². The second-order valence-corrected chi connectivity index (χ2v) is 4.61. The second-order valence-electron chi connectivity index (χ2n) is 3.83. The van der Waals surface area contributed by atoms with Crippen LogP contribution in [0.4, 0.5) is 0 Å².